The van der Waals surface area contributed by atoms with Crippen molar-refractivity contribution in [1.82, 2.24) is 5.32 Å². The van der Waals surface area contributed by atoms with Crippen LogP contribution in [-0.2, 0) is 6.42 Å². The van der Waals surface area contributed by atoms with Crippen LogP contribution < -0.4 is 5.32 Å². The molecule has 0 saturated heterocycles. The molecule has 1 aliphatic carbocycles. The van der Waals surface area contributed by atoms with Gasteiger partial charge in [0.15, 0.2) is 0 Å². The lowest BCUT2D eigenvalue weighted by molar-refractivity contribution is 0.117. The number of aliphatic hydroxyl groups excluding tert-OH is 1. The van der Waals surface area contributed by atoms with Gasteiger partial charge in [0.2, 0.25) is 0 Å². The van der Waals surface area contributed by atoms with E-state index in [2.05, 4.69) is 22.1 Å². The van der Waals surface area contributed by atoms with Gasteiger partial charge in [-0.2, -0.15) is 11.3 Å². The fourth-order valence-corrected chi connectivity index (χ4v) is 2.84. The Balaban J connectivity index is 1.62. The van der Waals surface area contributed by atoms with Crippen molar-refractivity contribution in [3.05, 3.63) is 22.4 Å². The molecule has 0 amide bonds. The second-order valence-electron chi connectivity index (χ2n) is 4.34. The summed E-state index contributed by atoms with van der Waals surface area (Å²) in [6.07, 6.45) is 5.28. The Labute approximate surface area is 95.3 Å². The van der Waals surface area contributed by atoms with E-state index in [0.29, 0.717) is 6.04 Å². The SMILES string of the molecule is OC1CCC(NCCc2ccsc2)CC1. The third-order valence-electron chi connectivity index (χ3n) is 3.12. The summed E-state index contributed by atoms with van der Waals surface area (Å²) in [6.45, 7) is 1.07. The van der Waals surface area contributed by atoms with Crippen molar-refractivity contribution in [2.75, 3.05) is 6.54 Å². The standard InChI is InChI=1S/C12H19NOS/c14-12-3-1-11(2-4-12)13-7-5-10-6-8-15-9-10/h6,8-9,11-14H,1-5,7H2. The Morgan fingerprint density at radius 3 is 2.80 bits per heavy atom. The van der Waals surface area contributed by atoms with Crippen molar-refractivity contribution < 1.29 is 5.11 Å². The molecule has 0 aromatic carbocycles. The summed E-state index contributed by atoms with van der Waals surface area (Å²) in [6, 6.07) is 2.82. The molecular formula is C12H19NOS. The molecule has 3 heteroatoms. The van der Waals surface area contributed by atoms with Gasteiger partial charge < -0.3 is 10.4 Å². The van der Waals surface area contributed by atoms with Crippen LogP contribution in [0, 0.1) is 0 Å². The van der Waals surface area contributed by atoms with Crippen molar-refractivity contribution in [2.24, 2.45) is 0 Å². The van der Waals surface area contributed by atoms with Crippen molar-refractivity contribution in [3.8, 4) is 0 Å². The predicted octanol–water partition coefficient (Wildman–Crippen LogP) is 2.18. The van der Waals surface area contributed by atoms with Crippen LogP contribution in [0.3, 0.4) is 0 Å². The van der Waals surface area contributed by atoms with Gasteiger partial charge in [0.1, 0.15) is 0 Å². The molecule has 2 rings (SSSR count). The summed E-state index contributed by atoms with van der Waals surface area (Å²) < 4.78 is 0. The van der Waals surface area contributed by atoms with Gasteiger partial charge in [0.05, 0.1) is 6.10 Å². The Bertz CT molecular complexity index is 265. The third kappa shape index (κ3) is 3.59. The molecule has 0 unspecified atom stereocenters. The molecule has 0 atom stereocenters. The maximum Gasteiger partial charge on any atom is 0.0541 e. The Morgan fingerprint density at radius 2 is 2.13 bits per heavy atom. The zero-order chi connectivity index (χ0) is 10.5. The first-order valence-corrected chi connectivity index (χ1v) is 6.71. The molecule has 0 spiro atoms. The van der Waals surface area contributed by atoms with E-state index in [4.69, 9.17) is 0 Å². The zero-order valence-electron chi connectivity index (χ0n) is 8.98. The summed E-state index contributed by atoms with van der Waals surface area (Å²) in [7, 11) is 0. The molecule has 0 aliphatic heterocycles. The average Bonchev–Trinajstić information content (AvgIpc) is 2.74. The maximum atomic E-state index is 9.38. The largest absolute Gasteiger partial charge is 0.393 e. The van der Waals surface area contributed by atoms with Gasteiger partial charge in [-0.25, -0.2) is 0 Å². The Morgan fingerprint density at radius 1 is 1.33 bits per heavy atom. The second kappa shape index (κ2) is 5.64. The van der Waals surface area contributed by atoms with E-state index < -0.39 is 0 Å². The minimum atomic E-state index is -0.0417. The molecule has 1 aromatic heterocycles. The summed E-state index contributed by atoms with van der Waals surface area (Å²) in [5, 5.41) is 17.3. The van der Waals surface area contributed by atoms with Gasteiger partial charge in [-0.1, -0.05) is 0 Å². The second-order valence-corrected chi connectivity index (χ2v) is 5.12. The number of nitrogens with one attached hydrogen (secondary N) is 1. The van der Waals surface area contributed by atoms with Gasteiger partial charge in [-0.15, -0.1) is 0 Å². The van der Waals surface area contributed by atoms with E-state index in [1.165, 1.54) is 5.56 Å². The monoisotopic (exact) mass is 225 g/mol. The topological polar surface area (TPSA) is 32.3 Å². The molecule has 1 aromatic rings. The van der Waals surface area contributed by atoms with Crippen molar-refractivity contribution in [1.29, 1.82) is 0 Å². The lowest BCUT2D eigenvalue weighted by atomic mass is 9.93. The van der Waals surface area contributed by atoms with Crippen LogP contribution in [0.25, 0.3) is 0 Å². The van der Waals surface area contributed by atoms with E-state index in [9.17, 15) is 5.11 Å². The van der Waals surface area contributed by atoms with Crippen molar-refractivity contribution in [2.45, 2.75) is 44.2 Å². The first kappa shape index (κ1) is 11.1. The molecule has 84 valence electrons. The number of hydrogen-bond donors (Lipinski definition) is 2. The van der Waals surface area contributed by atoms with Crippen LogP contribution in [0.2, 0.25) is 0 Å². The fraction of sp³-hybridized carbons (Fsp3) is 0.667. The van der Waals surface area contributed by atoms with Crippen LogP contribution >= 0.6 is 11.3 Å². The van der Waals surface area contributed by atoms with Crippen LogP contribution in [0.5, 0.6) is 0 Å². The molecule has 1 saturated carbocycles. The first-order valence-electron chi connectivity index (χ1n) is 5.77. The molecule has 1 heterocycles. The highest BCUT2D eigenvalue weighted by molar-refractivity contribution is 7.07. The number of rotatable bonds is 4. The number of hydrogen-bond acceptors (Lipinski definition) is 3. The van der Waals surface area contributed by atoms with Crippen molar-refractivity contribution in [3.63, 3.8) is 0 Å². The quantitative estimate of drug-likeness (QED) is 0.823. The van der Waals surface area contributed by atoms with Crippen molar-refractivity contribution >= 4 is 11.3 Å². The average molecular weight is 225 g/mol. The van der Waals surface area contributed by atoms with Crippen LogP contribution in [0.1, 0.15) is 31.2 Å². The van der Waals surface area contributed by atoms with Gasteiger partial charge in [0, 0.05) is 6.04 Å². The van der Waals surface area contributed by atoms with Crippen LogP contribution in [0.4, 0.5) is 0 Å². The molecule has 0 radical (unpaired) electrons. The lowest BCUT2D eigenvalue weighted by Gasteiger charge is -2.26. The number of aliphatic hydroxyl groups is 1. The van der Waals surface area contributed by atoms with Gasteiger partial charge >= 0.3 is 0 Å². The zero-order valence-corrected chi connectivity index (χ0v) is 9.80. The lowest BCUT2D eigenvalue weighted by Crippen LogP contribution is -2.35. The molecular weight excluding hydrogens is 206 g/mol. The number of thiophene rings is 1. The fourth-order valence-electron chi connectivity index (χ4n) is 2.14. The van der Waals surface area contributed by atoms with Gasteiger partial charge in [-0.05, 0) is 61.0 Å². The molecule has 1 fully saturated rings. The maximum absolute atomic E-state index is 9.38. The molecule has 2 N–H and O–H groups in total. The Kier molecular flexibility index (Phi) is 4.18. The normalized spacial score (nSPS) is 26.7. The summed E-state index contributed by atoms with van der Waals surface area (Å²) in [5.74, 6) is 0. The Hall–Kier alpha value is -0.380. The summed E-state index contributed by atoms with van der Waals surface area (Å²) >= 11 is 1.77. The highest BCUT2D eigenvalue weighted by atomic mass is 32.1. The minimum absolute atomic E-state index is 0.0417. The minimum Gasteiger partial charge on any atom is -0.393 e. The predicted molar refractivity (Wildman–Crippen MR) is 64.3 cm³/mol. The molecule has 1 aliphatic rings. The van der Waals surface area contributed by atoms with Crippen LogP contribution in [0.15, 0.2) is 16.8 Å². The first-order chi connectivity index (χ1) is 7.34. The van der Waals surface area contributed by atoms with Gasteiger partial charge in [0.25, 0.3) is 0 Å². The smallest absolute Gasteiger partial charge is 0.0541 e. The summed E-state index contributed by atoms with van der Waals surface area (Å²) in [4.78, 5) is 0. The highest BCUT2D eigenvalue weighted by Gasteiger charge is 2.18. The summed E-state index contributed by atoms with van der Waals surface area (Å²) in [5.41, 5.74) is 1.43. The van der Waals surface area contributed by atoms with Gasteiger partial charge in [-0.3, -0.25) is 0 Å². The molecule has 0 bridgehead atoms. The van der Waals surface area contributed by atoms with E-state index in [0.717, 1.165) is 38.6 Å². The third-order valence-corrected chi connectivity index (χ3v) is 3.86. The molecule has 2 nitrogen and oxygen atoms in total. The van der Waals surface area contributed by atoms with E-state index in [-0.39, 0.29) is 6.10 Å². The van der Waals surface area contributed by atoms with E-state index in [1.807, 2.05) is 0 Å². The highest BCUT2D eigenvalue weighted by Crippen LogP contribution is 2.18. The molecule has 15 heavy (non-hydrogen) atoms. The van der Waals surface area contributed by atoms with E-state index in [1.54, 1.807) is 11.3 Å². The van der Waals surface area contributed by atoms with E-state index >= 15 is 0 Å². The van der Waals surface area contributed by atoms with Crippen LogP contribution in [-0.4, -0.2) is 23.8 Å².